The van der Waals surface area contributed by atoms with Gasteiger partial charge in [-0.1, -0.05) is 32.5 Å². The Morgan fingerprint density at radius 3 is 2.65 bits per heavy atom. The lowest BCUT2D eigenvalue weighted by Crippen LogP contribution is -2.13. The largest absolute Gasteiger partial charge is 0.481 e. The molecule has 17 heavy (non-hydrogen) atoms. The molecule has 1 heterocycles. The van der Waals surface area contributed by atoms with Gasteiger partial charge in [0.1, 0.15) is 0 Å². The Hall–Kier alpha value is -1.24. The van der Waals surface area contributed by atoms with E-state index in [1.807, 2.05) is 0 Å². The van der Waals surface area contributed by atoms with Crippen LogP contribution in [-0.2, 0) is 11.3 Å². The molecular formula is C10H18N4O2S. The Balaban J connectivity index is 2.69. The highest BCUT2D eigenvalue weighted by Gasteiger charge is 2.15. The lowest BCUT2D eigenvalue weighted by atomic mass is 9.92. The molecule has 0 atom stereocenters. The molecule has 0 unspecified atom stereocenters. The summed E-state index contributed by atoms with van der Waals surface area (Å²) < 4.78 is 1.76. The minimum absolute atomic E-state index is 0.0341. The molecule has 0 radical (unpaired) electrons. The van der Waals surface area contributed by atoms with Gasteiger partial charge in [0, 0.05) is 6.54 Å². The van der Waals surface area contributed by atoms with E-state index >= 15 is 0 Å². The van der Waals surface area contributed by atoms with Crippen LogP contribution in [0.15, 0.2) is 5.16 Å². The highest BCUT2D eigenvalue weighted by Crippen LogP contribution is 2.23. The number of thioether (sulfide) groups is 1. The van der Waals surface area contributed by atoms with Crippen LogP contribution in [0.2, 0.25) is 0 Å². The zero-order valence-corrected chi connectivity index (χ0v) is 11.1. The predicted octanol–water partition coefficient (Wildman–Crippen LogP) is 1.47. The van der Waals surface area contributed by atoms with Crippen molar-refractivity contribution < 1.29 is 9.90 Å². The molecule has 1 aromatic heterocycles. The smallest absolute Gasteiger partial charge is 0.313 e. The number of aliphatic carboxylic acids is 1. The molecular weight excluding hydrogens is 240 g/mol. The maximum Gasteiger partial charge on any atom is 0.313 e. The predicted molar refractivity (Wildman–Crippen MR) is 66.9 cm³/mol. The van der Waals surface area contributed by atoms with Crippen molar-refractivity contribution in [2.24, 2.45) is 5.41 Å². The number of nitrogens with two attached hydrogens (primary N) is 1. The molecule has 7 heteroatoms. The van der Waals surface area contributed by atoms with E-state index in [4.69, 9.17) is 10.8 Å². The number of carbonyl (C=O) groups is 1. The van der Waals surface area contributed by atoms with Crippen molar-refractivity contribution >= 4 is 23.7 Å². The summed E-state index contributed by atoms with van der Waals surface area (Å²) in [4.78, 5) is 10.5. The summed E-state index contributed by atoms with van der Waals surface area (Å²) in [6.45, 7) is 7.11. The molecule has 0 saturated carbocycles. The molecule has 0 fully saturated rings. The van der Waals surface area contributed by atoms with E-state index in [0.29, 0.717) is 17.6 Å². The quantitative estimate of drug-likeness (QED) is 0.777. The molecule has 1 rings (SSSR count). The highest BCUT2D eigenvalue weighted by molar-refractivity contribution is 7.99. The van der Waals surface area contributed by atoms with Gasteiger partial charge in [-0.2, -0.15) is 0 Å². The van der Waals surface area contributed by atoms with Crippen molar-refractivity contribution in [3.63, 3.8) is 0 Å². The van der Waals surface area contributed by atoms with Crippen LogP contribution in [0.4, 0.5) is 5.95 Å². The average Bonchev–Trinajstić information content (AvgIpc) is 2.52. The van der Waals surface area contributed by atoms with Crippen LogP contribution >= 0.6 is 11.8 Å². The first-order valence-electron chi connectivity index (χ1n) is 5.33. The topological polar surface area (TPSA) is 94.0 Å². The molecule has 0 amide bonds. The number of rotatable bonds is 5. The Kier molecular flexibility index (Phi) is 4.39. The van der Waals surface area contributed by atoms with E-state index in [9.17, 15) is 4.79 Å². The summed E-state index contributed by atoms with van der Waals surface area (Å²) >= 11 is 1.14. The van der Waals surface area contributed by atoms with E-state index in [1.165, 1.54) is 0 Å². The lowest BCUT2D eigenvalue weighted by molar-refractivity contribution is -0.133. The van der Waals surface area contributed by atoms with E-state index in [2.05, 4.69) is 31.0 Å². The molecule has 3 N–H and O–H groups in total. The van der Waals surface area contributed by atoms with Gasteiger partial charge >= 0.3 is 5.97 Å². The molecule has 0 aliphatic carbocycles. The molecule has 1 aromatic rings. The van der Waals surface area contributed by atoms with Gasteiger partial charge in [-0.25, -0.2) is 0 Å². The zero-order chi connectivity index (χ0) is 13.1. The molecule has 0 aliphatic rings. The van der Waals surface area contributed by atoms with Gasteiger partial charge in [0.15, 0.2) is 5.16 Å². The number of aromatic nitrogens is 3. The third-order valence-corrected chi connectivity index (χ3v) is 3.11. The molecule has 96 valence electrons. The lowest BCUT2D eigenvalue weighted by Gasteiger charge is -2.18. The SMILES string of the molecule is CC(C)(C)CCn1c(N)nnc1SCC(=O)O. The van der Waals surface area contributed by atoms with Crippen molar-refractivity contribution in [1.29, 1.82) is 0 Å². The minimum atomic E-state index is -0.876. The third kappa shape index (κ3) is 4.64. The van der Waals surface area contributed by atoms with E-state index in [0.717, 1.165) is 18.2 Å². The summed E-state index contributed by atoms with van der Waals surface area (Å²) in [6, 6.07) is 0. The molecule has 0 saturated heterocycles. The molecule has 0 bridgehead atoms. The Labute approximate surface area is 105 Å². The first-order valence-corrected chi connectivity index (χ1v) is 6.31. The fourth-order valence-electron chi connectivity index (χ4n) is 1.19. The van der Waals surface area contributed by atoms with Crippen molar-refractivity contribution in [2.75, 3.05) is 11.5 Å². The number of carboxylic acid groups (broad SMARTS) is 1. The number of nitrogen functional groups attached to an aromatic ring is 1. The second-order valence-electron chi connectivity index (χ2n) is 4.99. The molecule has 0 spiro atoms. The fraction of sp³-hybridized carbons (Fsp3) is 0.700. The number of nitrogens with zero attached hydrogens (tertiary/aromatic N) is 3. The summed E-state index contributed by atoms with van der Waals surface area (Å²) in [7, 11) is 0. The van der Waals surface area contributed by atoms with Crippen LogP contribution in [0.1, 0.15) is 27.2 Å². The maximum absolute atomic E-state index is 10.5. The standard InChI is InChI=1S/C10H18N4O2S/c1-10(2,3)4-5-14-8(11)12-13-9(14)17-6-7(15)16/h4-6H2,1-3H3,(H2,11,12)(H,15,16). The number of hydrogen-bond acceptors (Lipinski definition) is 5. The van der Waals surface area contributed by atoms with Crippen LogP contribution in [0.5, 0.6) is 0 Å². The zero-order valence-electron chi connectivity index (χ0n) is 10.3. The van der Waals surface area contributed by atoms with Gasteiger partial charge in [0.2, 0.25) is 5.95 Å². The number of hydrogen-bond donors (Lipinski definition) is 2. The summed E-state index contributed by atoms with van der Waals surface area (Å²) in [5, 5.41) is 16.8. The molecule has 0 aliphatic heterocycles. The van der Waals surface area contributed by atoms with E-state index in [1.54, 1.807) is 4.57 Å². The van der Waals surface area contributed by atoms with Crippen LogP contribution in [-0.4, -0.2) is 31.6 Å². The molecule has 6 nitrogen and oxygen atoms in total. The first-order chi connectivity index (χ1) is 7.79. The monoisotopic (exact) mass is 258 g/mol. The molecule has 0 aromatic carbocycles. The van der Waals surface area contributed by atoms with Gasteiger partial charge in [0.05, 0.1) is 5.75 Å². The second kappa shape index (κ2) is 5.39. The Bertz CT molecular complexity index is 398. The number of anilines is 1. The number of carboxylic acids is 1. The summed E-state index contributed by atoms with van der Waals surface area (Å²) in [5.74, 6) is -0.575. The van der Waals surface area contributed by atoms with Gasteiger partial charge in [-0.3, -0.25) is 9.36 Å². The van der Waals surface area contributed by atoms with Crippen LogP contribution in [0, 0.1) is 5.41 Å². The van der Waals surface area contributed by atoms with Crippen molar-refractivity contribution in [2.45, 2.75) is 38.9 Å². The van der Waals surface area contributed by atoms with E-state index < -0.39 is 5.97 Å². The van der Waals surface area contributed by atoms with Crippen LogP contribution in [0.3, 0.4) is 0 Å². The average molecular weight is 258 g/mol. The maximum atomic E-state index is 10.5. The van der Waals surface area contributed by atoms with Gasteiger partial charge in [0.25, 0.3) is 0 Å². The van der Waals surface area contributed by atoms with Crippen molar-refractivity contribution in [3.8, 4) is 0 Å². The van der Waals surface area contributed by atoms with Crippen molar-refractivity contribution in [3.05, 3.63) is 0 Å². The normalized spacial score (nSPS) is 11.7. The van der Waals surface area contributed by atoms with E-state index in [-0.39, 0.29) is 11.2 Å². The van der Waals surface area contributed by atoms with Crippen LogP contribution < -0.4 is 5.73 Å². The fourth-order valence-corrected chi connectivity index (χ4v) is 1.88. The summed E-state index contributed by atoms with van der Waals surface area (Å²) in [6.07, 6.45) is 0.926. The minimum Gasteiger partial charge on any atom is -0.481 e. The van der Waals surface area contributed by atoms with Gasteiger partial charge < -0.3 is 10.8 Å². The third-order valence-electron chi connectivity index (χ3n) is 2.16. The van der Waals surface area contributed by atoms with Crippen LogP contribution in [0.25, 0.3) is 0 Å². The Morgan fingerprint density at radius 2 is 2.12 bits per heavy atom. The summed E-state index contributed by atoms with van der Waals surface area (Å²) in [5.41, 5.74) is 5.89. The first kappa shape index (κ1) is 13.8. The second-order valence-corrected chi connectivity index (χ2v) is 5.93. The Morgan fingerprint density at radius 1 is 1.47 bits per heavy atom. The van der Waals surface area contributed by atoms with Gasteiger partial charge in [-0.05, 0) is 11.8 Å². The highest BCUT2D eigenvalue weighted by atomic mass is 32.2. The van der Waals surface area contributed by atoms with Gasteiger partial charge in [-0.15, -0.1) is 10.2 Å². The van der Waals surface area contributed by atoms with Crippen molar-refractivity contribution in [1.82, 2.24) is 14.8 Å².